The summed E-state index contributed by atoms with van der Waals surface area (Å²) in [5.41, 5.74) is 0.987. The lowest BCUT2D eigenvalue weighted by Gasteiger charge is -2.21. The van der Waals surface area contributed by atoms with Crippen molar-refractivity contribution in [3.8, 4) is 11.5 Å². The quantitative estimate of drug-likeness (QED) is 0.793. The van der Waals surface area contributed by atoms with E-state index in [4.69, 9.17) is 14.6 Å². The van der Waals surface area contributed by atoms with Crippen LogP contribution < -0.4 is 9.47 Å². The molecule has 0 aliphatic carbocycles. The van der Waals surface area contributed by atoms with Gasteiger partial charge in [-0.25, -0.2) is 0 Å². The predicted octanol–water partition coefficient (Wildman–Crippen LogP) is 2.39. The van der Waals surface area contributed by atoms with Crippen molar-refractivity contribution in [1.29, 1.82) is 0 Å². The SMILES string of the molecule is CCCOc1ccc(CN(C)C(C)C(=O)O)cc1OC. The highest BCUT2D eigenvalue weighted by molar-refractivity contribution is 5.72. The minimum absolute atomic E-state index is 0.531. The van der Waals surface area contributed by atoms with Crippen molar-refractivity contribution in [3.63, 3.8) is 0 Å². The Morgan fingerprint density at radius 3 is 2.65 bits per heavy atom. The van der Waals surface area contributed by atoms with Crippen LogP contribution in [0.25, 0.3) is 0 Å². The van der Waals surface area contributed by atoms with Gasteiger partial charge in [0.2, 0.25) is 0 Å². The molecule has 5 heteroatoms. The van der Waals surface area contributed by atoms with E-state index in [1.54, 1.807) is 26.0 Å². The van der Waals surface area contributed by atoms with Crippen LogP contribution in [-0.2, 0) is 11.3 Å². The van der Waals surface area contributed by atoms with E-state index in [1.165, 1.54) is 0 Å². The minimum atomic E-state index is -0.831. The number of rotatable bonds is 8. The van der Waals surface area contributed by atoms with Crippen LogP contribution in [0.5, 0.6) is 11.5 Å². The van der Waals surface area contributed by atoms with E-state index < -0.39 is 12.0 Å². The number of benzene rings is 1. The zero-order valence-corrected chi connectivity index (χ0v) is 12.5. The molecule has 0 radical (unpaired) electrons. The summed E-state index contributed by atoms with van der Waals surface area (Å²) in [7, 11) is 3.38. The van der Waals surface area contributed by atoms with E-state index in [1.807, 2.05) is 25.1 Å². The van der Waals surface area contributed by atoms with Crippen LogP contribution in [0.3, 0.4) is 0 Å². The molecular weight excluding hydrogens is 258 g/mol. The fourth-order valence-electron chi connectivity index (χ4n) is 1.76. The lowest BCUT2D eigenvalue weighted by atomic mass is 10.1. The molecule has 0 amide bonds. The van der Waals surface area contributed by atoms with Crippen molar-refractivity contribution in [1.82, 2.24) is 4.90 Å². The van der Waals surface area contributed by atoms with E-state index in [2.05, 4.69) is 0 Å². The topological polar surface area (TPSA) is 59.0 Å². The summed E-state index contributed by atoms with van der Waals surface area (Å²) < 4.78 is 10.9. The monoisotopic (exact) mass is 281 g/mol. The van der Waals surface area contributed by atoms with Gasteiger partial charge < -0.3 is 14.6 Å². The highest BCUT2D eigenvalue weighted by Gasteiger charge is 2.17. The molecule has 1 aromatic rings. The van der Waals surface area contributed by atoms with E-state index in [-0.39, 0.29) is 0 Å². The first-order valence-electron chi connectivity index (χ1n) is 6.72. The van der Waals surface area contributed by atoms with Gasteiger partial charge >= 0.3 is 5.97 Å². The number of carbonyl (C=O) groups is 1. The van der Waals surface area contributed by atoms with Gasteiger partial charge in [-0.15, -0.1) is 0 Å². The average molecular weight is 281 g/mol. The normalized spacial score (nSPS) is 12.2. The van der Waals surface area contributed by atoms with Crippen LogP contribution in [-0.4, -0.2) is 42.8 Å². The predicted molar refractivity (Wildman–Crippen MR) is 77.3 cm³/mol. The Bertz CT molecular complexity index is 447. The lowest BCUT2D eigenvalue weighted by molar-refractivity contribution is -0.142. The largest absolute Gasteiger partial charge is 0.493 e. The molecule has 0 spiro atoms. The molecule has 5 nitrogen and oxygen atoms in total. The molecule has 0 heterocycles. The van der Waals surface area contributed by atoms with Gasteiger partial charge in [-0.2, -0.15) is 0 Å². The van der Waals surface area contributed by atoms with Crippen molar-refractivity contribution in [2.45, 2.75) is 32.9 Å². The number of hydrogen-bond donors (Lipinski definition) is 1. The number of ether oxygens (including phenoxy) is 2. The zero-order chi connectivity index (χ0) is 15.1. The van der Waals surface area contributed by atoms with E-state index >= 15 is 0 Å². The van der Waals surface area contributed by atoms with Gasteiger partial charge in [0.1, 0.15) is 6.04 Å². The van der Waals surface area contributed by atoms with Crippen molar-refractivity contribution in [2.75, 3.05) is 20.8 Å². The van der Waals surface area contributed by atoms with E-state index in [9.17, 15) is 4.79 Å². The first-order chi connectivity index (χ1) is 9.49. The van der Waals surface area contributed by atoms with Crippen LogP contribution in [0.15, 0.2) is 18.2 Å². The molecule has 0 aliphatic rings. The maximum atomic E-state index is 10.9. The van der Waals surface area contributed by atoms with Gasteiger partial charge in [0, 0.05) is 6.54 Å². The minimum Gasteiger partial charge on any atom is -0.493 e. The summed E-state index contributed by atoms with van der Waals surface area (Å²) in [4.78, 5) is 12.7. The van der Waals surface area contributed by atoms with Gasteiger partial charge in [-0.3, -0.25) is 9.69 Å². The zero-order valence-electron chi connectivity index (χ0n) is 12.5. The summed E-state index contributed by atoms with van der Waals surface area (Å²) in [5, 5.41) is 8.99. The molecule has 0 bridgehead atoms. The number of carboxylic acids is 1. The Morgan fingerprint density at radius 1 is 1.40 bits per heavy atom. The molecule has 0 saturated carbocycles. The number of likely N-dealkylation sites (N-methyl/N-ethyl adjacent to an activating group) is 1. The Labute approximate surface area is 120 Å². The lowest BCUT2D eigenvalue weighted by Crippen LogP contribution is -2.35. The molecule has 1 aromatic carbocycles. The molecule has 1 N–H and O–H groups in total. The first kappa shape index (κ1) is 16.3. The average Bonchev–Trinajstić information content (AvgIpc) is 2.44. The molecule has 0 fully saturated rings. The van der Waals surface area contributed by atoms with Gasteiger partial charge in [0.05, 0.1) is 13.7 Å². The summed E-state index contributed by atoms with van der Waals surface area (Å²) in [6.45, 7) is 4.89. The van der Waals surface area contributed by atoms with Crippen LogP contribution in [0.1, 0.15) is 25.8 Å². The number of nitrogens with zero attached hydrogens (tertiary/aromatic N) is 1. The molecule has 1 atom stereocenters. The summed E-state index contributed by atoms with van der Waals surface area (Å²) in [5.74, 6) is 0.557. The van der Waals surface area contributed by atoms with Crippen molar-refractivity contribution >= 4 is 5.97 Å². The van der Waals surface area contributed by atoms with Crippen molar-refractivity contribution < 1.29 is 19.4 Å². The molecule has 1 unspecified atom stereocenters. The molecule has 1 rings (SSSR count). The Kier molecular flexibility index (Phi) is 6.31. The number of methoxy groups -OCH3 is 1. The maximum Gasteiger partial charge on any atom is 0.320 e. The van der Waals surface area contributed by atoms with Crippen LogP contribution in [0.2, 0.25) is 0 Å². The third-order valence-electron chi connectivity index (χ3n) is 3.14. The summed E-state index contributed by atoms with van der Waals surface area (Å²) in [6, 6.07) is 5.15. The Morgan fingerprint density at radius 2 is 2.10 bits per heavy atom. The molecule has 112 valence electrons. The number of hydrogen-bond acceptors (Lipinski definition) is 4. The van der Waals surface area contributed by atoms with Gasteiger partial charge in [0.25, 0.3) is 0 Å². The molecule has 0 saturated heterocycles. The number of carboxylic acid groups (broad SMARTS) is 1. The second kappa shape index (κ2) is 7.75. The smallest absolute Gasteiger partial charge is 0.320 e. The van der Waals surface area contributed by atoms with Gasteiger partial charge in [0.15, 0.2) is 11.5 Å². The van der Waals surface area contributed by atoms with Crippen molar-refractivity contribution in [2.24, 2.45) is 0 Å². The van der Waals surface area contributed by atoms with Crippen molar-refractivity contribution in [3.05, 3.63) is 23.8 Å². The van der Waals surface area contributed by atoms with Crippen LogP contribution in [0.4, 0.5) is 0 Å². The Balaban J connectivity index is 2.79. The fraction of sp³-hybridized carbons (Fsp3) is 0.533. The third kappa shape index (κ3) is 4.42. The maximum absolute atomic E-state index is 10.9. The van der Waals surface area contributed by atoms with Crippen LogP contribution in [0, 0.1) is 0 Å². The Hall–Kier alpha value is -1.75. The summed E-state index contributed by atoms with van der Waals surface area (Å²) >= 11 is 0. The van der Waals surface area contributed by atoms with E-state index in [0.717, 1.165) is 12.0 Å². The summed E-state index contributed by atoms with van der Waals surface area (Å²) in [6.07, 6.45) is 0.934. The first-order valence-corrected chi connectivity index (χ1v) is 6.72. The molecule has 20 heavy (non-hydrogen) atoms. The molecule has 0 aromatic heterocycles. The second-order valence-electron chi connectivity index (χ2n) is 4.76. The molecule has 0 aliphatic heterocycles. The van der Waals surface area contributed by atoms with Gasteiger partial charge in [-0.05, 0) is 38.1 Å². The molecular formula is C15H23NO4. The van der Waals surface area contributed by atoms with Crippen LogP contribution >= 0.6 is 0 Å². The van der Waals surface area contributed by atoms with Gasteiger partial charge in [-0.1, -0.05) is 13.0 Å². The highest BCUT2D eigenvalue weighted by Crippen LogP contribution is 2.28. The highest BCUT2D eigenvalue weighted by atomic mass is 16.5. The second-order valence-corrected chi connectivity index (χ2v) is 4.76. The number of aliphatic carboxylic acids is 1. The third-order valence-corrected chi connectivity index (χ3v) is 3.14. The standard InChI is InChI=1S/C15H23NO4/c1-5-8-20-13-7-6-12(9-14(13)19-4)10-16(3)11(2)15(17)18/h6-7,9,11H,5,8,10H2,1-4H3,(H,17,18). The fourth-order valence-corrected chi connectivity index (χ4v) is 1.76. The van der Waals surface area contributed by atoms with E-state index in [0.29, 0.717) is 24.7 Å².